The summed E-state index contributed by atoms with van der Waals surface area (Å²) in [4.78, 5) is 15.3. The van der Waals surface area contributed by atoms with Gasteiger partial charge in [0, 0.05) is 11.1 Å². The lowest BCUT2D eigenvalue weighted by Crippen LogP contribution is -3.15. The zero-order chi connectivity index (χ0) is 16.9. The van der Waals surface area contributed by atoms with Gasteiger partial charge in [0.15, 0.2) is 6.04 Å². The second-order valence-corrected chi connectivity index (χ2v) is 7.04. The van der Waals surface area contributed by atoms with Crippen molar-refractivity contribution in [3.63, 3.8) is 0 Å². The predicted molar refractivity (Wildman–Crippen MR) is 102 cm³/mol. The lowest BCUT2D eigenvalue weighted by molar-refractivity contribution is -0.925. The Morgan fingerprint density at radius 1 is 1.12 bits per heavy atom. The Hall–Kier alpha value is -2.17. The number of hydrogen-bond donors (Lipinski definition) is 2. The molecule has 0 fully saturated rings. The number of fused-ring (bicyclic) bond motifs is 1. The Labute approximate surface area is 146 Å². The van der Waals surface area contributed by atoms with Gasteiger partial charge in [0.25, 0.3) is 5.91 Å². The number of hydrogen-bond acceptors (Lipinski definition) is 2. The molecule has 2 N–H and O–H groups in total. The van der Waals surface area contributed by atoms with Crippen LogP contribution in [0.15, 0.2) is 60.0 Å². The molecular weight excluding hydrogens is 316 g/mol. The van der Waals surface area contributed by atoms with Crippen LogP contribution in [-0.4, -0.2) is 18.5 Å². The Morgan fingerprint density at radius 2 is 1.92 bits per heavy atom. The highest BCUT2D eigenvalue weighted by atomic mass is 32.1. The van der Waals surface area contributed by atoms with Crippen LogP contribution in [0.5, 0.6) is 0 Å². The van der Waals surface area contributed by atoms with E-state index in [-0.39, 0.29) is 11.9 Å². The molecule has 0 aliphatic rings. The predicted octanol–water partition coefficient (Wildman–Crippen LogP) is 3.33. The first kappa shape index (κ1) is 16.7. The van der Waals surface area contributed by atoms with E-state index in [0.29, 0.717) is 0 Å². The summed E-state index contributed by atoms with van der Waals surface area (Å²) in [7, 11) is 0. The number of anilines is 1. The van der Waals surface area contributed by atoms with E-state index in [4.69, 9.17) is 0 Å². The number of rotatable bonds is 6. The summed E-state index contributed by atoms with van der Waals surface area (Å²) in [6, 6.07) is 18.2. The standard InChI is InChI=1S/C20H22N2OS/c1-3-22(14-17-10-7-13-24-17)15(2)20(23)21-19-12-6-9-16-8-4-5-11-18(16)19/h4-13,15H,3,14H2,1-2H3,(H,21,23)/p+1/t15-/m1/s1. The van der Waals surface area contributed by atoms with Crippen molar-refractivity contribution >= 4 is 33.7 Å². The average molecular weight is 339 g/mol. The fraction of sp³-hybridized carbons (Fsp3) is 0.250. The van der Waals surface area contributed by atoms with Gasteiger partial charge in [-0.3, -0.25) is 4.79 Å². The van der Waals surface area contributed by atoms with E-state index in [2.05, 4.69) is 41.9 Å². The molecule has 1 unspecified atom stereocenters. The van der Waals surface area contributed by atoms with Crippen molar-refractivity contribution in [3.05, 3.63) is 64.9 Å². The van der Waals surface area contributed by atoms with Gasteiger partial charge in [-0.25, -0.2) is 0 Å². The third-order valence-electron chi connectivity index (χ3n) is 4.49. The van der Waals surface area contributed by atoms with Crippen LogP contribution in [0.1, 0.15) is 18.7 Å². The summed E-state index contributed by atoms with van der Waals surface area (Å²) in [5.74, 6) is 0.0692. The van der Waals surface area contributed by atoms with Gasteiger partial charge in [0.2, 0.25) is 0 Å². The molecule has 2 atom stereocenters. The second-order valence-electron chi connectivity index (χ2n) is 6.01. The van der Waals surface area contributed by atoms with Crippen LogP contribution in [0.25, 0.3) is 10.8 Å². The SMILES string of the molecule is CC[NH+](Cc1cccs1)[C@H](C)C(=O)Nc1cccc2ccccc12. The van der Waals surface area contributed by atoms with Crippen LogP contribution in [0.2, 0.25) is 0 Å². The number of thiophene rings is 1. The van der Waals surface area contributed by atoms with Crippen molar-refractivity contribution in [1.82, 2.24) is 0 Å². The number of benzene rings is 2. The highest BCUT2D eigenvalue weighted by Crippen LogP contribution is 2.22. The molecule has 0 saturated heterocycles. The van der Waals surface area contributed by atoms with Gasteiger partial charge in [0.05, 0.1) is 11.4 Å². The maximum atomic E-state index is 12.8. The normalized spacial score (nSPS) is 13.6. The van der Waals surface area contributed by atoms with Crippen LogP contribution < -0.4 is 10.2 Å². The quantitative estimate of drug-likeness (QED) is 0.710. The first-order valence-corrected chi connectivity index (χ1v) is 9.22. The van der Waals surface area contributed by atoms with Gasteiger partial charge in [-0.15, -0.1) is 11.3 Å². The molecule has 0 radical (unpaired) electrons. The molecule has 124 valence electrons. The molecule has 0 aliphatic carbocycles. The average Bonchev–Trinajstić information content (AvgIpc) is 3.12. The minimum atomic E-state index is -0.101. The molecule has 24 heavy (non-hydrogen) atoms. The van der Waals surface area contributed by atoms with Gasteiger partial charge in [0.1, 0.15) is 6.54 Å². The third kappa shape index (κ3) is 3.66. The molecule has 0 aliphatic heterocycles. The topological polar surface area (TPSA) is 33.5 Å². The molecule has 0 saturated carbocycles. The van der Waals surface area contributed by atoms with Crippen LogP contribution in [-0.2, 0) is 11.3 Å². The second kappa shape index (κ2) is 7.60. The molecule has 0 spiro atoms. The van der Waals surface area contributed by atoms with Crippen LogP contribution in [0, 0.1) is 0 Å². The zero-order valence-electron chi connectivity index (χ0n) is 14.1. The number of quaternary nitrogens is 1. The van der Waals surface area contributed by atoms with Gasteiger partial charge >= 0.3 is 0 Å². The zero-order valence-corrected chi connectivity index (χ0v) is 14.9. The van der Waals surface area contributed by atoms with E-state index >= 15 is 0 Å². The lowest BCUT2D eigenvalue weighted by Gasteiger charge is -2.23. The van der Waals surface area contributed by atoms with E-state index in [1.165, 1.54) is 9.78 Å². The number of amides is 1. The van der Waals surface area contributed by atoms with Crippen molar-refractivity contribution in [2.75, 3.05) is 11.9 Å². The summed E-state index contributed by atoms with van der Waals surface area (Å²) in [6.45, 7) is 5.94. The molecular formula is C20H23N2OS+. The molecule has 0 bridgehead atoms. The summed E-state index contributed by atoms with van der Waals surface area (Å²) >= 11 is 1.75. The largest absolute Gasteiger partial charge is 0.321 e. The van der Waals surface area contributed by atoms with Gasteiger partial charge in [-0.2, -0.15) is 0 Å². The monoisotopic (exact) mass is 339 g/mol. The van der Waals surface area contributed by atoms with Gasteiger partial charge in [-0.1, -0.05) is 42.5 Å². The fourth-order valence-electron chi connectivity index (χ4n) is 2.98. The van der Waals surface area contributed by atoms with E-state index in [0.717, 1.165) is 29.5 Å². The Kier molecular flexibility index (Phi) is 5.28. The van der Waals surface area contributed by atoms with Crippen molar-refractivity contribution in [1.29, 1.82) is 0 Å². The summed E-state index contributed by atoms with van der Waals surface area (Å²) in [5.41, 5.74) is 0.886. The number of carbonyl (C=O) groups is 1. The molecule has 4 heteroatoms. The summed E-state index contributed by atoms with van der Waals surface area (Å²) in [5, 5.41) is 7.43. The van der Waals surface area contributed by atoms with E-state index < -0.39 is 0 Å². The summed E-state index contributed by atoms with van der Waals surface area (Å²) < 4.78 is 0. The number of nitrogens with one attached hydrogen (secondary N) is 2. The molecule has 1 heterocycles. The number of carbonyl (C=O) groups excluding carboxylic acids is 1. The molecule has 1 aromatic heterocycles. The third-order valence-corrected chi connectivity index (χ3v) is 5.37. The number of likely N-dealkylation sites (N-methyl/N-ethyl adjacent to an activating group) is 1. The molecule has 1 amide bonds. The van der Waals surface area contributed by atoms with Crippen molar-refractivity contribution in [3.8, 4) is 0 Å². The van der Waals surface area contributed by atoms with Crippen molar-refractivity contribution in [2.24, 2.45) is 0 Å². The van der Waals surface area contributed by atoms with Crippen molar-refractivity contribution < 1.29 is 9.69 Å². The minimum Gasteiger partial charge on any atom is -0.321 e. The fourth-order valence-corrected chi connectivity index (χ4v) is 3.74. The van der Waals surface area contributed by atoms with Gasteiger partial charge in [-0.05, 0) is 36.7 Å². The molecule has 3 rings (SSSR count). The first-order chi connectivity index (χ1) is 11.7. The van der Waals surface area contributed by atoms with E-state index in [1.807, 2.05) is 37.3 Å². The van der Waals surface area contributed by atoms with Crippen molar-refractivity contribution in [2.45, 2.75) is 26.4 Å². The molecule has 3 nitrogen and oxygen atoms in total. The molecule has 3 aromatic rings. The van der Waals surface area contributed by atoms with Crippen LogP contribution >= 0.6 is 11.3 Å². The summed E-state index contributed by atoms with van der Waals surface area (Å²) in [6.07, 6.45) is 0. The van der Waals surface area contributed by atoms with Gasteiger partial charge < -0.3 is 10.2 Å². The Morgan fingerprint density at radius 3 is 2.67 bits per heavy atom. The van der Waals surface area contributed by atoms with E-state index in [9.17, 15) is 4.79 Å². The minimum absolute atomic E-state index is 0.0692. The van der Waals surface area contributed by atoms with Crippen LogP contribution in [0.3, 0.4) is 0 Å². The van der Waals surface area contributed by atoms with E-state index in [1.54, 1.807) is 11.3 Å². The lowest BCUT2D eigenvalue weighted by atomic mass is 10.1. The highest BCUT2D eigenvalue weighted by Gasteiger charge is 2.24. The van der Waals surface area contributed by atoms with Crippen LogP contribution in [0.4, 0.5) is 5.69 Å². The Balaban J connectivity index is 1.75. The smallest absolute Gasteiger partial charge is 0.282 e. The highest BCUT2D eigenvalue weighted by molar-refractivity contribution is 7.09. The Bertz CT molecular complexity index is 808. The maximum absolute atomic E-state index is 12.8. The maximum Gasteiger partial charge on any atom is 0.282 e. The molecule has 2 aromatic carbocycles. The first-order valence-electron chi connectivity index (χ1n) is 8.34.